The zero-order valence-electron chi connectivity index (χ0n) is 11.0. The van der Waals surface area contributed by atoms with E-state index < -0.39 is 0 Å². The molecule has 0 heterocycles. The third-order valence-electron chi connectivity index (χ3n) is 2.55. The number of benzene rings is 1. The van der Waals surface area contributed by atoms with Crippen molar-refractivity contribution >= 4 is 37.1 Å². The van der Waals surface area contributed by atoms with E-state index in [-0.39, 0.29) is 0 Å². The van der Waals surface area contributed by atoms with Gasteiger partial charge in [0.05, 0.1) is 0 Å². The first kappa shape index (κ1) is 15.3. The average Bonchev–Trinajstić information content (AvgIpc) is 2.14. The molecule has 3 heteroatoms. The summed E-state index contributed by atoms with van der Waals surface area (Å²) in [6.07, 6.45) is 2.41. The molecule has 0 nitrogen and oxygen atoms in total. The van der Waals surface area contributed by atoms with Gasteiger partial charge in [0.25, 0.3) is 0 Å². The van der Waals surface area contributed by atoms with Gasteiger partial charge in [0.2, 0.25) is 0 Å². The molecule has 2 atom stereocenters. The van der Waals surface area contributed by atoms with Crippen LogP contribution in [-0.4, -0.2) is 6.16 Å². The maximum absolute atomic E-state index is 6.17. The van der Waals surface area contributed by atoms with E-state index in [0.29, 0.717) is 19.9 Å². The summed E-state index contributed by atoms with van der Waals surface area (Å²) >= 11 is 12.3. The van der Waals surface area contributed by atoms with Crippen LogP contribution in [0.2, 0.25) is 10.0 Å². The molecule has 1 aromatic carbocycles. The third-order valence-corrected chi connectivity index (χ3v) is 5.29. The Morgan fingerprint density at radius 1 is 1.18 bits per heavy atom. The molecule has 0 saturated heterocycles. The number of rotatable bonds is 4. The van der Waals surface area contributed by atoms with Crippen LogP contribution in [0.1, 0.15) is 34.1 Å². The summed E-state index contributed by atoms with van der Waals surface area (Å²) in [4.78, 5) is 0. The summed E-state index contributed by atoms with van der Waals surface area (Å²) in [6, 6.07) is 5.74. The van der Waals surface area contributed by atoms with Gasteiger partial charge in [0, 0.05) is 15.3 Å². The van der Waals surface area contributed by atoms with E-state index in [9.17, 15) is 0 Å². The van der Waals surface area contributed by atoms with Gasteiger partial charge < -0.3 is 0 Å². The fourth-order valence-electron chi connectivity index (χ4n) is 2.06. The van der Waals surface area contributed by atoms with Crippen LogP contribution in [0.25, 0.3) is 0 Å². The molecule has 0 aliphatic heterocycles. The molecule has 0 bridgehead atoms. The Morgan fingerprint density at radius 2 is 1.71 bits per heavy atom. The standard InChI is InChI=1S/C14H21Cl2P/c1-10(8-14(2,3)4)9-17-13-11(15)6-5-7-12(13)16/h5-7,10,17H,8-9H2,1-4H3. The topological polar surface area (TPSA) is 0 Å². The highest BCUT2D eigenvalue weighted by Gasteiger charge is 2.16. The van der Waals surface area contributed by atoms with Gasteiger partial charge >= 0.3 is 0 Å². The van der Waals surface area contributed by atoms with Crippen LogP contribution in [0.4, 0.5) is 0 Å². The Balaban J connectivity index is 2.56. The minimum atomic E-state index is 0.397. The Bertz CT molecular complexity index is 349. The lowest BCUT2D eigenvalue weighted by molar-refractivity contribution is 0.323. The lowest BCUT2D eigenvalue weighted by Crippen LogP contribution is -2.13. The molecule has 0 amide bonds. The zero-order valence-corrected chi connectivity index (χ0v) is 13.5. The van der Waals surface area contributed by atoms with Crippen molar-refractivity contribution in [2.45, 2.75) is 34.1 Å². The molecule has 2 unspecified atom stereocenters. The van der Waals surface area contributed by atoms with Gasteiger partial charge in [-0.25, -0.2) is 0 Å². The molecule has 0 radical (unpaired) electrons. The highest BCUT2D eigenvalue weighted by Crippen LogP contribution is 2.30. The SMILES string of the molecule is CC(CPc1c(Cl)cccc1Cl)CC(C)(C)C. The lowest BCUT2D eigenvalue weighted by atomic mass is 9.86. The Kier molecular flexibility index (Phi) is 5.77. The molecule has 17 heavy (non-hydrogen) atoms. The van der Waals surface area contributed by atoms with Gasteiger partial charge in [-0.3, -0.25) is 0 Å². The van der Waals surface area contributed by atoms with E-state index in [1.54, 1.807) is 0 Å². The van der Waals surface area contributed by atoms with Gasteiger partial charge in [-0.15, -0.1) is 0 Å². The van der Waals surface area contributed by atoms with Crippen molar-refractivity contribution in [1.29, 1.82) is 0 Å². The molecule has 0 aromatic heterocycles. The van der Waals surface area contributed by atoms with E-state index in [2.05, 4.69) is 27.7 Å². The Hall–Kier alpha value is 0.230. The molecule has 1 aromatic rings. The fourth-order valence-corrected chi connectivity index (χ4v) is 4.06. The minimum absolute atomic E-state index is 0.397. The monoisotopic (exact) mass is 290 g/mol. The largest absolute Gasteiger partial charge is 0.0869 e. The minimum Gasteiger partial charge on any atom is -0.0869 e. The smallest absolute Gasteiger partial charge is 0.0495 e. The van der Waals surface area contributed by atoms with Gasteiger partial charge in [0.1, 0.15) is 0 Å². The summed E-state index contributed by atoms with van der Waals surface area (Å²) in [5.41, 5.74) is 0.397. The van der Waals surface area contributed by atoms with E-state index >= 15 is 0 Å². The first-order valence-corrected chi connectivity index (χ1v) is 7.94. The molecule has 0 aliphatic rings. The predicted octanol–water partition coefficient (Wildman–Crippen LogP) is 5.37. The number of halogens is 2. The maximum Gasteiger partial charge on any atom is 0.0495 e. The summed E-state index contributed by atoms with van der Waals surface area (Å²) in [6.45, 7) is 9.17. The van der Waals surface area contributed by atoms with Crippen molar-refractivity contribution in [2.75, 3.05) is 6.16 Å². The average molecular weight is 291 g/mol. The lowest BCUT2D eigenvalue weighted by Gasteiger charge is -2.23. The predicted molar refractivity (Wildman–Crippen MR) is 82.5 cm³/mol. The van der Waals surface area contributed by atoms with E-state index in [4.69, 9.17) is 23.2 Å². The van der Waals surface area contributed by atoms with Crippen LogP contribution in [0, 0.1) is 11.3 Å². The molecule has 0 spiro atoms. The van der Waals surface area contributed by atoms with Gasteiger partial charge in [-0.2, -0.15) is 0 Å². The van der Waals surface area contributed by atoms with Crippen molar-refractivity contribution in [3.63, 3.8) is 0 Å². The highest BCUT2D eigenvalue weighted by molar-refractivity contribution is 7.48. The van der Waals surface area contributed by atoms with E-state index in [1.807, 2.05) is 18.2 Å². The summed E-state index contributed by atoms with van der Waals surface area (Å²) in [5.74, 6) is 0.709. The van der Waals surface area contributed by atoms with Gasteiger partial charge in [-0.1, -0.05) is 65.5 Å². The van der Waals surface area contributed by atoms with Crippen LogP contribution in [0.15, 0.2) is 18.2 Å². The first-order chi connectivity index (χ1) is 7.79. The third kappa shape index (κ3) is 5.60. The molecule has 1 rings (SSSR count). The van der Waals surface area contributed by atoms with Crippen molar-refractivity contribution in [1.82, 2.24) is 0 Å². The first-order valence-electron chi connectivity index (χ1n) is 5.97. The molecular weight excluding hydrogens is 270 g/mol. The van der Waals surface area contributed by atoms with Gasteiger partial charge in [-0.05, 0) is 36.0 Å². The highest BCUT2D eigenvalue weighted by atomic mass is 35.5. The Morgan fingerprint density at radius 3 is 2.18 bits per heavy atom. The second kappa shape index (κ2) is 6.41. The zero-order chi connectivity index (χ0) is 13.1. The van der Waals surface area contributed by atoms with Crippen molar-refractivity contribution in [2.24, 2.45) is 11.3 Å². The summed E-state index contributed by atoms with van der Waals surface area (Å²) in [7, 11) is 0.704. The number of hydrogen-bond donors (Lipinski definition) is 0. The second-order valence-corrected chi connectivity index (χ2v) is 7.92. The quantitative estimate of drug-likeness (QED) is 0.654. The summed E-state index contributed by atoms with van der Waals surface area (Å²) in [5, 5.41) is 2.73. The second-order valence-electron chi connectivity index (χ2n) is 5.85. The molecule has 0 fully saturated rings. The fraction of sp³-hybridized carbons (Fsp3) is 0.571. The van der Waals surface area contributed by atoms with Crippen LogP contribution in [0.3, 0.4) is 0 Å². The Labute approximate surface area is 117 Å². The van der Waals surface area contributed by atoms with Crippen molar-refractivity contribution in [3.05, 3.63) is 28.2 Å². The number of hydrogen-bond acceptors (Lipinski definition) is 0. The van der Waals surface area contributed by atoms with Crippen LogP contribution in [0.5, 0.6) is 0 Å². The molecule has 0 saturated carbocycles. The van der Waals surface area contributed by atoms with Crippen LogP contribution < -0.4 is 5.30 Å². The molecule has 96 valence electrons. The van der Waals surface area contributed by atoms with Crippen LogP contribution >= 0.6 is 31.8 Å². The van der Waals surface area contributed by atoms with Crippen molar-refractivity contribution < 1.29 is 0 Å². The van der Waals surface area contributed by atoms with Crippen molar-refractivity contribution in [3.8, 4) is 0 Å². The molecule has 0 N–H and O–H groups in total. The molecular formula is C14H21Cl2P. The summed E-state index contributed by atoms with van der Waals surface area (Å²) < 4.78 is 0. The molecule has 0 aliphatic carbocycles. The van der Waals surface area contributed by atoms with Gasteiger partial charge in [0.15, 0.2) is 0 Å². The van der Waals surface area contributed by atoms with E-state index in [0.717, 1.165) is 15.3 Å². The van der Waals surface area contributed by atoms with E-state index in [1.165, 1.54) is 12.6 Å². The normalized spacial score (nSPS) is 14.5. The van der Waals surface area contributed by atoms with Crippen LogP contribution in [-0.2, 0) is 0 Å². The maximum atomic E-state index is 6.17.